The SMILES string of the molecule is C#CCNC(=O)C(C)NC1CCCCC1C(C)C. The minimum atomic E-state index is -0.164. The van der Waals surface area contributed by atoms with Crippen molar-refractivity contribution in [3.63, 3.8) is 0 Å². The van der Waals surface area contributed by atoms with Gasteiger partial charge in [0.05, 0.1) is 12.6 Å². The van der Waals surface area contributed by atoms with E-state index in [2.05, 4.69) is 30.4 Å². The maximum absolute atomic E-state index is 11.8. The van der Waals surface area contributed by atoms with Crippen molar-refractivity contribution < 1.29 is 4.79 Å². The van der Waals surface area contributed by atoms with Crippen LogP contribution in [-0.2, 0) is 4.79 Å². The molecule has 0 saturated heterocycles. The molecule has 0 aromatic heterocycles. The van der Waals surface area contributed by atoms with Crippen LogP contribution in [0.15, 0.2) is 0 Å². The molecule has 1 rings (SSSR count). The molecule has 3 heteroatoms. The minimum absolute atomic E-state index is 0.000953. The standard InChI is InChI=1S/C15H26N2O/c1-5-10-16-15(18)12(4)17-14-9-7-6-8-13(14)11(2)3/h1,11-14,17H,6-10H2,2-4H3,(H,16,18). The van der Waals surface area contributed by atoms with E-state index in [9.17, 15) is 4.79 Å². The zero-order valence-corrected chi connectivity index (χ0v) is 11.8. The monoisotopic (exact) mass is 250 g/mol. The van der Waals surface area contributed by atoms with Crippen molar-refractivity contribution in [1.29, 1.82) is 0 Å². The van der Waals surface area contributed by atoms with Crippen molar-refractivity contribution in [2.75, 3.05) is 6.54 Å². The average molecular weight is 250 g/mol. The Morgan fingerprint density at radius 3 is 2.61 bits per heavy atom. The fraction of sp³-hybridized carbons (Fsp3) is 0.800. The van der Waals surface area contributed by atoms with Crippen LogP contribution in [-0.4, -0.2) is 24.5 Å². The number of terminal acetylenes is 1. The van der Waals surface area contributed by atoms with E-state index >= 15 is 0 Å². The highest BCUT2D eigenvalue weighted by Gasteiger charge is 2.29. The predicted molar refractivity (Wildman–Crippen MR) is 75.0 cm³/mol. The molecule has 3 nitrogen and oxygen atoms in total. The van der Waals surface area contributed by atoms with Crippen molar-refractivity contribution >= 4 is 5.91 Å². The Morgan fingerprint density at radius 1 is 1.33 bits per heavy atom. The van der Waals surface area contributed by atoms with Crippen molar-refractivity contribution in [2.45, 2.75) is 58.5 Å². The summed E-state index contributed by atoms with van der Waals surface area (Å²) in [5.74, 6) is 3.78. The van der Waals surface area contributed by atoms with E-state index in [0.29, 0.717) is 24.4 Å². The maximum atomic E-state index is 11.8. The third kappa shape index (κ3) is 4.34. The molecular formula is C15H26N2O. The summed E-state index contributed by atoms with van der Waals surface area (Å²) in [4.78, 5) is 11.8. The number of nitrogens with one attached hydrogen (secondary N) is 2. The van der Waals surface area contributed by atoms with Gasteiger partial charge in [-0.15, -0.1) is 6.42 Å². The third-order valence-electron chi connectivity index (χ3n) is 3.90. The van der Waals surface area contributed by atoms with E-state index in [0.717, 1.165) is 0 Å². The lowest BCUT2D eigenvalue weighted by Crippen LogP contribution is -2.50. The molecule has 1 fully saturated rings. The average Bonchev–Trinajstić information content (AvgIpc) is 2.36. The number of amides is 1. The molecule has 2 N–H and O–H groups in total. The summed E-state index contributed by atoms with van der Waals surface area (Å²) >= 11 is 0. The first kappa shape index (κ1) is 15.0. The smallest absolute Gasteiger partial charge is 0.237 e. The molecule has 0 heterocycles. The van der Waals surface area contributed by atoms with Gasteiger partial charge in [-0.25, -0.2) is 0 Å². The van der Waals surface area contributed by atoms with Crippen LogP contribution in [0.25, 0.3) is 0 Å². The van der Waals surface area contributed by atoms with Crippen LogP contribution in [0.1, 0.15) is 46.5 Å². The van der Waals surface area contributed by atoms with E-state index in [-0.39, 0.29) is 11.9 Å². The number of rotatable bonds is 5. The van der Waals surface area contributed by atoms with Gasteiger partial charge in [-0.1, -0.05) is 32.6 Å². The molecule has 0 spiro atoms. The molecular weight excluding hydrogens is 224 g/mol. The summed E-state index contributed by atoms with van der Waals surface area (Å²) in [5.41, 5.74) is 0. The molecule has 18 heavy (non-hydrogen) atoms. The summed E-state index contributed by atoms with van der Waals surface area (Å²) in [7, 11) is 0. The zero-order valence-electron chi connectivity index (χ0n) is 11.8. The molecule has 0 bridgehead atoms. The van der Waals surface area contributed by atoms with Crippen LogP contribution in [0.2, 0.25) is 0 Å². The first-order chi connectivity index (χ1) is 8.56. The molecule has 1 saturated carbocycles. The van der Waals surface area contributed by atoms with E-state index in [1.54, 1.807) is 0 Å². The summed E-state index contributed by atoms with van der Waals surface area (Å²) < 4.78 is 0. The fourth-order valence-corrected chi connectivity index (χ4v) is 2.85. The van der Waals surface area contributed by atoms with Gasteiger partial charge in [-0.3, -0.25) is 4.79 Å². The van der Waals surface area contributed by atoms with Gasteiger partial charge in [0, 0.05) is 6.04 Å². The number of hydrogen-bond acceptors (Lipinski definition) is 2. The second-order valence-electron chi connectivity index (χ2n) is 5.61. The van der Waals surface area contributed by atoms with Gasteiger partial charge < -0.3 is 10.6 Å². The topological polar surface area (TPSA) is 41.1 Å². The van der Waals surface area contributed by atoms with Gasteiger partial charge in [-0.2, -0.15) is 0 Å². The van der Waals surface area contributed by atoms with Gasteiger partial charge in [0.1, 0.15) is 0 Å². The minimum Gasteiger partial charge on any atom is -0.344 e. The second-order valence-corrected chi connectivity index (χ2v) is 5.61. The zero-order chi connectivity index (χ0) is 13.5. The van der Waals surface area contributed by atoms with Crippen LogP contribution in [0, 0.1) is 24.2 Å². The van der Waals surface area contributed by atoms with E-state index in [1.165, 1.54) is 25.7 Å². The highest BCUT2D eigenvalue weighted by molar-refractivity contribution is 5.81. The van der Waals surface area contributed by atoms with Gasteiger partial charge in [0.15, 0.2) is 0 Å². The largest absolute Gasteiger partial charge is 0.344 e. The molecule has 0 aromatic carbocycles. The van der Waals surface area contributed by atoms with E-state index in [4.69, 9.17) is 6.42 Å². The Bertz CT molecular complexity index is 306. The Kier molecular flexibility index (Phi) is 6.21. The van der Waals surface area contributed by atoms with Crippen LogP contribution in [0.5, 0.6) is 0 Å². The Balaban J connectivity index is 2.48. The Labute approximate surface area is 111 Å². The van der Waals surface area contributed by atoms with Crippen molar-refractivity contribution in [1.82, 2.24) is 10.6 Å². The van der Waals surface area contributed by atoms with Crippen LogP contribution < -0.4 is 10.6 Å². The first-order valence-electron chi connectivity index (χ1n) is 7.03. The van der Waals surface area contributed by atoms with E-state index < -0.39 is 0 Å². The molecule has 0 aliphatic heterocycles. The third-order valence-corrected chi connectivity index (χ3v) is 3.90. The molecule has 3 unspecified atom stereocenters. The van der Waals surface area contributed by atoms with E-state index in [1.807, 2.05) is 6.92 Å². The molecule has 0 aromatic rings. The number of hydrogen-bond donors (Lipinski definition) is 2. The van der Waals surface area contributed by atoms with Crippen molar-refractivity contribution in [3.05, 3.63) is 0 Å². The van der Waals surface area contributed by atoms with Crippen molar-refractivity contribution in [3.8, 4) is 12.3 Å². The molecule has 3 atom stereocenters. The van der Waals surface area contributed by atoms with Gasteiger partial charge in [0.2, 0.25) is 5.91 Å². The quantitative estimate of drug-likeness (QED) is 0.732. The number of carbonyl (C=O) groups excluding carboxylic acids is 1. The van der Waals surface area contributed by atoms with Crippen LogP contribution >= 0.6 is 0 Å². The van der Waals surface area contributed by atoms with Crippen LogP contribution in [0.4, 0.5) is 0 Å². The lowest BCUT2D eigenvalue weighted by atomic mass is 9.77. The highest BCUT2D eigenvalue weighted by atomic mass is 16.2. The Morgan fingerprint density at radius 2 is 2.00 bits per heavy atom. The fourth-order valence-electron chi connectivity index (χ4n) is 2.85. The number of carbonyl (C=O) groups is 1. The first-order valence-corrected chi connectivity index (χ1v) is 7.03. The lowest BCUT2D eigenvalue weighted by molar-refractivity contribution is -0.122. The van der Waals surface area contributed by atoms with Gasteiger partial charge in [0.25, 0.3) is 0 Å². The summed E-state index contributed by atoms with van der Waals surface area (Å²) in [6, 6.07) is 0.299. The predicted octanol–water partition coefficient (Wildman–Crippen LogP) is 1.93. The van der Waals surface area contributed by atoms with Gasteiger partial charge >= 0.3 is 0 Å². The lowest BCUT2D eigenvalue weighted by Gasteiger charge is -2.36. The van der Waals surface area contributed by atoms with Gasteiger partial charge in [-0.05, 0) is 31.6 Å². The summed E-state index contributed by atoms with van der Waals surface area (Å²) in [5, 5.41) is 6.21. The normalized spacial score (nSPS) is 25.5. The molecule has 102 valence electrons. The van der Waals surface area contributed by atoms with Crippen molar-refractivity contribution in [2.24, 2.45) is 11.8 Å². The van der Waals surface area contributed by atoms with Crippen LogP contribution in [0.3, 0.4) is 0 Å². The molecule has 1 aliphatic carbocycles. The summed E-state index contributed by atoms with van der Waals surface area (Å²) in [6.07, 6.45) is 10.2. The maximum Gasteiger partial charge on any atom is 0.237 e. The Hall–Kier alpha value is -1.01. The highest BCUT2D eigenvalue weighted by Crippen LogP contribution is 2.30. The molecule has 0 radical (unpaired) electrons. The molecule has 1 aliphatic rings. The molecule has 1 amide bonds. The second kappa shape index (κ2) is 7.43. The summed E-state index contributed by atoms with van der Waals surface area (Å²) in [6.45, 7) is 6.77.